The molecule has 1 aromatic carbocycles. The third kappa shape index (κ3) is 3.18. The number of aliphatic hydroxyl groups excluding tert-OH is 1. The fourth-order valence-electron chi connectivity index (χ4n) is 2.09. The lowest BCUT2D eigenvalue weighted by Gasteiger charge is -2.14. The van der Waals surface area contributed by atoms with Crippen LogP contribution in [-0.4, -0.2) is 48.5 Å². The van der Waals surface area contributed by atoms with E-state index >= 15 is 0 Å². The number of anilines is 2. The molecule has 2 amide bonds. The average Bonchev–Trinajstić information content (AvgIpc) is 2.69. The number of carboxylic acid groups (broad SMARTS) is 1. The van der Waals surface area contributed by atoms with E-state index in [0.29, 0.717) is 6.42 Å². The van der Waals surface area contributed by atoms with Crippen LogP contribution in [0.5, 0.6) is 0 Å². The van der Waals surface area contributed by atoms with Gasteiger partial charge in [-0.15, -0.1) is 0 Å². The third-order valence-electron chi connectivity index (χ3n) is 3.19. The highest BCUT2D eigenvalue weighted by atomic mass is 16.4. The minimum atomic E-state index is -1.16. The maximum atomic E-state index is 11.6. The molecule has 4 N–H and O–H groups in total. The van der Waals surface area contributed by atoms with Crippen molar-refractivity contribution in [2.45, 2.75) is 12.5 Å². The molecule has 2 rings (SSSR count). The fourth-order valence-corrected chi connectivity index (χ4v) is 2.09. The van der Waals surface area contributed by atoms with Gasteiger partial charge in [-0.3, -0.25) is 4.79 Å². The van der Waals surface area contributed by atoms with Crippen molar-refractivity contribution in [2.24, 2.45) is 0 Å². The van der Waals surface area contributed by atoms with Gasteiger partial charge in [0, 0.05) is 31.5 Å². The summed E-state index contributed by atoms with van der Waals surface area (Å²) >= 11 is 0. The van der Waals surface area contributed by atoms with Gasteiger partial charge in [0.25, 0.3) is 0 Å². The van der Waals surface area contributed by atoms with Crippen LogP contribution in [0.15, 0.2) is 18.2 Å². The van der Waals surface area contributed by atoms with Crippen molar-refractivity contribution in [3.05, 3.63) is 23.8 Å². The Bertz CT molecular complexity index is 532. The summed E-state index contributed by atoms with van der Waals surface area (Å²) in [4.78, 5) is 23.5. The SMILES string of the molecule is CN1C(=O)Cc2cc(NC[C@@H](O)CNC(=O)O)ccc21. The summed E-state index contributed by atoms with van der Waals surface area (Å²) < 4.78 is 0. The van der Waals surface area contributed by atoms with E-state index in [2.05, 4.69) is 10.6 Å². The molecule has 1 aromatic rings. The second-order valence-electron chi connectivity index (χ2n) is 4.69. The number of rotatable bonds is 5. The van der Waals surface area contributed by atoms with Gasteiger partial charge in [-0.05, 0) is 23.8 Å². The third-order valence-corrected chi connectivity index (χ3v) is 3.19. The molecule has 0 bridgehead atoms. The molecule has 1 aliphatic rings. The number of amides is 2. The molecule has 1 heterocycles. The van der Waals surface area contributed by atoms with Crippen LogP contribution < -0.4 is 15.5 Å². The number of nitrogens with zero attached hydrogens (tertiary/aromatic N) is 1. The zero-order chi connectivity index (χ0) is 14.7. The van der Waals surface area contributed by atoms with Crippen molar-refractivity contribution in [3.8, 4) is 0 Å². The topological polar surface area (TPSA) is 102 Å². The molecule has 108 valence electrons. The average molecular weight is 279 g/mol. The molecule has 20 heavy (non-hydrogen) atoms. The van der Waals surface area contributed by atoms with Crippen molar-refractivity contribution in [1.82, 2.24) is 5.32 Å². The van der Waals surface area contributed by atoms with Crippen LogP contribution in [0.3, 0.4) is 0 Å². The first kappa shape index (κ1) is 14.1. The number of carbonyl (C=O) groups excluding carboxylic acids is 1. The Morgan fingerprint density at radius 1 is 1.45 bits per heavy atom. The molecule has 0 saturated carbocycles. The minimum Gasteiger partial charge on any atom is -0.465 e. The summed E-state index contributed by atoms with van der Waals surface area (Å²) in [6.07, 6.45) is -1.60. The second-order valence-corrected chi connectivity index (χ2v) is 4.69. The second kappa shape index (κ2) is 5.79. The summed E-state index contributed by atoms with van der Waals surface area (Å²) in [5, 5.41) is 23.1. The lowest BCUT2D eigenvalue weighted by molar-refractivity contribution is -0.117. The Labute approximate surface area is 116 Å². The van der Waals surface area contributed by atoms with E-state index in [-0.39, 0.29) is 19.0 Å². The van der Waals surface area contributed by atoms with Crippen LogP contribution in [0.2, 0.25) is 0 Å². The smallest absolute Gasteiger partial charge is 0.404 e. The number of carbonyl (C=O) groups is 2. The van der Waals surface area contributed by atoms with Crippen LogP contribution in [-0.2, 0) is 11.2 Å². The number of likely N-dealkylation sites (N-methyl/N-ethyl adjacent to an activating group) is 1. The van der Waals surface area contributed by atoms with Crippen molar-refractivity contribution >= 4 is 23.4 Å². The lowest BCUT2D eigenvalue weighted by atomic mass is 10.1. The van der Waals surface area contributed by atoms with Crippen LogP contribution in [0.25, 0.3) is 0 Å². The zero-order valence-corrected chi connectivity index (χ0v) is 11.1. The molecule has 0 radical (unpaired) electrons. The van der Waals surface area contributed by atoms with E-state index < -0.39 is 12.2 Å². The number of benzene rings is 1. The molecule has 0 aliphatic carbocycles. The molecule has 7 nitrogen and oxygen atoms in total. The Kier molecular flexibility index (Phi) is 4.09. The molecular weight excluding hydrogens is 262 g/mol. The molecule has 0 unspecified atom stereocenters. The fraction of sp³-hybridized carbons (Fsp3) is 0.385. The monoisotopic (exact) mass is 279 g/mol. The summed E-state index contributed by atoms with van der Waals surface area (Å²) in [5.74, 6) is 0.0582. The van der Waals surface area contributed by atoms with Crippen molar-refractivity contribution < 1.29 is 19.8 Å². The minimum absolute atomic E-state index is 0.0332. The number of fused-ring (bicyclic) bond motifs is 1. The van der Waals surface area contributed by atoms with Gasteiger partial charge in [0.2, 0.25) is 5.91 Å². The van der Waals surface area contributed by atoms with Crippen molar-refractivity contribution in [1.29, 1.82) is 0 Å². The van der Waals surface area contributed by atoms with E-state index in [1.165, 1.54) is 0 Å². The van der Waals surface area contributed by atoms with E-state index in [1.807, 2.05) is 18.2 Å². The predicted octanol–water partition coefficient (Wildman–Crippen LogP) is 0.246. The van der Waals surface area contributed by atoms with E-state index in [4.69, 9.17) is 5.11 Å². The molecular formula is C13H17N3O4. The van der Waals surface area contributed by atoms with Gasteiger partial charge in [0.1, 0.15) is 0 Å². The Morgan fingerprint density at radius 2 is 2.20 bits per heavy atom. The normalized spacial score (nSPS) is 14.9. The van der Waals surface area contributed by atoms with Crippen molar-refractivity contribution in [2.75, 3.05) is 30.4 Å². The number of hydrogen-bond acceptors (Lipinski definition) is 4. The molecule has 0 spiro atoms. The quantitative estimate of drug-likeness (QED) is 0.618. The zero-order valence-electron chi connectivity index (χ0n) is 11.1. The number of hydrogen-bond donors (Lipinski definition) is 4. The Hall–Kier alpha value is -2.28. The number of aliphatic hydroxyl groups is 1. The maximum Gasteiger partial charge on any atom is 0.404 e. The molecule has 1 aliphatic heterocycles. The van der Waals surface area contributed by atoms with Gasteiger partial charge < -0.3 is 25.7 Å². The maximum absolute atomic E-state index is 11.6. The highest BCUT2D eigenvalue weighted by molar-refractivity contribution is 6.01. The first-order chi connectivity index (χ1) is 9.47. The summed E-state index contributed by atoms with van der Waals surface area (Å²) in [5.41, 5.74) is 2.63. The van der Waals surface area contributed by atoms with Gasteiger partial charge in [-0.1, -0.05) is 0 Å². The summed E-state index contributed by atoms with van der Waals surface area (Å²) in [7, 11) is 1.74. The predicted molar refractivity (Wildman–Crippen MR) is 74.1 cm³/mol. The van der Waals surface area contributed by atoms with E-state index in [9.17, 15) is 14.7 Å². The van der Waals surface area contributed by atoms with Gasteiger partial charge in [-0.2, -0.15) is 0 Å². The standard InChI is InChI=1S/C13H17N3O4/c1-16-11-3-2-9(4-8(11)5-12(16)18)14-6-10(17)7-15-13(19)20/h2-4,10,14-15,17H,5-7H2,1H3,(H,19,20)/t10-/m1/s1. The summed E-state index contributed by atoms with van der Waals surface area (Å²) in [6, 6.07) is 5.55. The lowest BCUT2D eigenvalue weighted by Crippen LogP contribution is -2.34. The highest BCUT2D eigenvalue weighted by Gasteiger charge is 2.23. The Morgan fingerprint density at radius 3 is 2.90 bits per heavy atom. The van der Waals surface area contributed by atoms with E-state index in [0.717, 1.165) is 16.9 Å². The van der Waals surface area contributed by atoms with Gasteiger partial charge >= 0.3 is 6.09 Å². The van der Waals surface area contributed by atoms with Crippen LogP contribution >= 0.6 is 0 Å². The van der Waals surface area contributed by atoms with Gasteiger partial charge in [0.15, 0.2) is 0 Å². The van der Waals surface area contributed by atoms with Crippen LogP contribution in [0, 0.1) is 0 Å². The molecule has 0 saturated heterocycles. The molecule has 0 fully saturated rings. The molecule has 1 atom stereocenters. The summed E-state index contributed by atoms with van der Waals surface area (Å²) in [6.45, 7) is 0.192. The van der Waals surface area contributed by atoms with Gasteiger partial charge in [-0.25, -0.2) is 4.79 Å². The first-order valence-electron chi connectivity index (χ1n) is 6.25. The van der Waals surface area contributed by atoms with Crippen LogP contribution in [0.4, 0.5) is 16.2 Å². The van der Waals surface area contributed by atoms with Crippen LogP contribution in [0.1, 0.15) is 5.56 Å². The van der Waals surface area contributed by atoms with Gasteiger partial charge in [0.05, 0.1) is 12.5 Å². The van der Waals surface area contributed by atoms with E-state index in [1.54, 1.807) is 11.9 Å². The number of nitrogens with one attached hydrogen (secondary N) is 2. The van der Waals surface area contributed by atoms with Crippen molar-refractivity contribution in [3.63, 3.8) is 0 Å². The Balaban J connectivity index is 1.90. The largest absolute Gasteiger partial charge is 0.465 e. The molecule has 7 heteroatoms. The molecule has 0 aromatic heterocycles. The first-order valence-corrected chi connectivity index (χ1v) is 6.25. The highest BCUT2D eigenvalue weighted by Crippen LogP contribution is 2.29.